The van der Waals surface area contributed by atoms with Crippen LogP contribution in [0.5, 0.6) is 0 Å². The lowest BCUT2D eigenvalue weighted by molar-refractivity contribution is 0.147. The van der Waals surface area contributed by atoms with E-state index in [4.69, 9.17) is 0 Å². The van der Waals surface area contributed by atoms with Gasteiger partial charge in [0.15, 0.2) is 0 Å². The molecular weight excluding hydrogens is 196 g/mol. The van der Waals surface area contributed by atoms with E-state index in [1.807, 2.05) is 12.4 Å². The Balaban J connectivity index is 2.66. The second-order valence-electron chi connectivity index (χ2n) is 5.91. The maximum absolute atomic E-state index is 4.05. The van der Waals surface area contributed by atoms with Gasteiger partial charge in [-0.05, 0) is 37.0 Å². The number of rotatable bonds is 4. The van der Waals surface area contributed by atoms with Gasteiger partial charge in [0, 0.05) is 31.5 Å². The van der Waals surface area contributed by atoms with Crippen molar-refractivity contribution < 1.29 is 0 Å². The summed E-state index contributed by atoms with van der Waals surface area (Å²) in [5.74, 6) is 0. The van der Waals surface area contributed by atoms with Crippen LogP contribution in [0.3, 0.4) is 0 Å². The Kier molecular flexibility index (Phi) is 4.48. The Bertz CT molecular complexity index is 298. The predicted octanol–water partition coefficient (Wildman–Crippen LogP) is 3.34. The highest BCUT2D eigenvalue weighted by molar-refractivity contribution is 5.09. The van der Waals surface area contributed by atoms with Gasteiger partial charge >= 0.3 is 0 Å². The minimum atomic E-state index is 0.345. The van der Waals surface area contributed by atoms with E-state index in [1.54, 1.807) is 0 Å². The Morgan fingerprint density at radius 2 is 1.75 bits per heavy atom. The molecule has 0 spiro atoms. The van der Waals surface area contributed by atoms with Gasteiger partial charge < -0.3 is 0 Å². The SMILES string of the molecule is CC(C)N(Cc1ccncc1)CC(C)(C)C. The van der Waals surface area contributed by atoms with Gasteiger partial charge in [0.05, 0.1) is 0 Å². The molecule has 1 heterocycles. The van der Waals surface area contributed by atoms with Crippen LogP contribution in [0.1, 0.15) is 40.2 Å². The molecule has 0 saturated carbocycles. The third-order valence-corrected chi connectivity index (χ3v) is 2.54. The summed E-state index contributed by atoms with van der Waals surface area (Å²) in [6.45, 7) is 13.5. The molecule has 0 aliphatic carbocycles. The van der Waals surface area contributed by atoms with Crippen molar-refractivity contribution in [2.24, 2.45) is 5.41 Å². The molecular formula is C14H24N2. The molecule has 1 aromatic heterocycles. The van der Waals surface area contributed by atoms with Crippen LogP contribution >= 0.6 is 0 Å². The zero-order chi connectivity index (χ0) is 12.2. The van der Waals surface area contributed by atoms with Crippen molar-refractivity contribution in [1.29, 1.82) is 0 Å². The molecule has 1 rings (SSSR count). The standard InChI is InChI=1S/C14H24N2/c1-12(2)16(11-14(3,4)5)10-13-6-8-15-9-7-13/h6-9,12H,10-11H2,1-5H3. The highest BCUT2D eigenvalue weighted by Gasteiger charge is 2.18. The van der Waals surface area contributed by atoms with E-state index >= 15 is 0 Å². The van der Waals surface area contributed by atoms with Gasteiger partial charge in [0.2, 0.25) is 0 Å². The summed E-state index contributed by atoms with van der Waals surface area (Å²) in [4.78, 5) is 6.56. The van der Waals surface area contributed by atoms with Crippen molar-refractivity contribution in [3.63, 3.8) is 0 Å². The van der Waals surface area contributed by atoms with Gasteiger partial charge in [0.1, 0.15) is 0 Å². The van der Waals surface area contributed by atoms with Crippen molar-refractivity contribution >= 4 is 0 Å². The van der Waals surface area contributed by atoms with Crippen LogP contribution in [-0.4, -0.2) is 22.5 Å². The van der Waals surface area contributed by atoms with Crippen molar-refractivity contribution in [2.45, 2.75) is 47.2 Å². The molecule has 0 aliphatic rings. The Morgan fingerprint density at radius 1 is 1.19 bits per heavy atom. The summed E-state index contributed by atoms with van der Waals surface area (Å²) >= 11 is 0. The fraction of sp³-hybridized carbons (Fsp3) is 0.643. The lowest BCUT2D eigenvalue weighted by atomic mass is 9.95. The van der Waals surface area contributed by atoms with Crippen molar-refractivity contribution in [3.8, 4) is 0 Å². The quantitative estimate of drug-likeness (QED) is 0.773. The fourth-order valence-electron chi connectivity index (χ4n) is 1.75. The van der Waals surface area contributed by atoms with Gasteiger partial charge in [0.25, 0.3) is 0 Å². The average Bonchev–Trinajstić information content (AvgIpc) is 2.16. The highest BCUT2D eigenvalue weighted by atomic mass is 15.1. The summed E-state index contributed by atoms with van der Waals surface area (Å²) in [6.07, 6.45) is 3.73. The minimum Gasteiger partial charge on any atom is -0.296 e. The summed E-state index contributed by atoms with van der Waals surface area (Å²) in [5.41, 5.74) is 1.69. The van der Waals surface area contributed by atoms with Crippen LogP contribution in [0.15, 0.2) is 24.5 Å². The maximum atomic E-state index is 4.05. The van der Waals surface area contributed by atoms with Gasteiger partial charge in [-0.1, -0.05) is 20.8 Å². The molecule has 2 heteroatoms. The molecule has 0 fully saturated rings. The molecule has 0 atom stereocenters. The molecule has 90 valence electrons. The number of hydrogen-bond acceptors (Lipinski definition) is 2. The van der Waals surface area contributed by atoms with Gasteiger partial charge in [-0.2, -0.15) is 0 Å². The summed E-state index contributed by atoms with van der Waals surface area (Å²) < 4.78 is 0. The summed E-state index contributed by atoms with van der Waals surface area (Å²) in [6, 6.07) is 4.77. The third-order valence-electron chi connectivity index (χ3n) is 2.54. The first-order valence-corrected chi connectivity index (χ1v) is 6.01. The van der Waals surface area contributed by atoms with E-state index in [2.05, 4.69) is 56.6 Å². The fourth-order valence-corrected chi connectivity index (χ4v) is 1.75. The van der Waals surface area contributed by atoms with Gasteiger partial charge in [-0.3, -0.25) is 9.88 Å². The molecule has 1 aromatic rings. The number of hydrogen-bond donors (Lipinski definition) is 0. The first kappa shape index (κ1) is 13.2. The van der Waals surface area contributed by atoms with Crippen LogP contribution in [0.4, 0.5) is 0 Å². The minimum absolute atomic E-state index is 0.345. The van der Waals surface area contributed by atoms with Crippen LogP contribution in [0.25, 0.3) is 0 Å². The van der Waals surface area contributed by atoms with Crippen molar-refractivity contribution in [3.05, 3.63) is 30.1 Å². The summed E-state index contributed by atoms with van der Waals surface area (Å²) in [5, 5.41) is 0. The Hall–Kier alpha value is -0.890. The third kappa shape index (κ3) is 4.75. The smallest absolute Gasteiger partial charge is 0.0271 e. The average molecular weight is 220 g/mol. The number of nitrogens with zero attached hydrogens (tertiary/aromatic N) is 2. The second kappa shape index (κ2) is 5.44. The molecule has 0 amide bonds. The normalized spacial score (nSPS) is 12.4. The van der Waals surface area contributed by atoms with Crippen molar-refractivity contribution in [2.75, 3.05) is 6.54 Å². The lowest BCUT2D eigenvalue weighted by Gasteiger charge is -2.33. The van der Waals surface area contributed by atoms with E-state index in [0.717, 1.165) is 13.1 Å². The van der Waals surface area contributed by atoms with Gasteiger partial charge in [-0.25, -0.2) is 0 Å². The van der Waals surface area contributed by atoms with E-state index < -0.39 is 0 Å². The van der Waals surface area contributed by atoms with Crippen molar-refractivity contribution in [1.82, 2.24) is 9.88 Å². The molecule has 0 aromatic carbocycles. The topological polar surface area (TPSA) is 16.1 Å². The van der Waals surface area contributed by atoms with Crippen LogP contribution < -0.4 is 0 Å². The zero-order valence-electron chi connectivity index (χ0n) is 11.2. The molecule has 0 unspecified atom stereocenters. The Labute approximate surface area is 99.7 Å². The zero-order valence-corrected chi connectivity index (χ0v) is 11.2. The van der Waals surface area contributed by atoms with Gasteiger partial charge in [-0.15, -0.1) is 0 Å². The maximum Gasteiger partial charge on any atom is 0.0271 e. The molecule has 0 bridgehead atoms. The molecule has 0 N–H and O–H groups in total. The van der Waals surface area contributed by atoms with E-state index in [1.165, 1.54) is 5.56 Å². The second-order valence-corrected chi connectivity index (χ2v) is 5.91. The van der Waals surface area contributed by atoms with Crippen LogP contribution in [0.2, 0.25) is 0 Å². The number of aromatic nitrogens is 1. The largest absolute Gasteiger partial charge is 0.296 e. The molecule has 16 heavy (non-hydrogen) atoms. The molecule has 0 saturated heterocycles. The van der Waals surface area contributed by atoms with E-state index in [9.17, 15) is 0 Å². The van der Waals surface area contributed by atoms with E-state index in [0.29, 0.717) is 11.5 Å². The summed E-state index contributed by atoms with van der Waals surface area (Å²) in [7, 11) is 0. The molecule has 0 aliphatic heterocycles. The monoisotopic (exact) mass is 220 g/mol. The predicted molar refractivity (Wildman–Crippen MR) is 69.2 cm³/mol. The lowest BCUT2D eigenvalue weighted by Crippen LogP contribution is -2.37. The molecule has 2 nitrogen and oxygen atoms in total. The highest BCUT2D eigenvalue weighted by Crippen LogP contribution is 2.18. The first-order valence-electron chi connectivity index (χ1n) is 6.01. The van der Waals surface area contributed by atoms with Crippen LogP contribution in [0, 0.1) is 5.41 Å². The Morgan fingerprint density at radius 3 is 2.19 bits per heavy atom. The molecule has 0 radical (unpaired) electrons. The first-order chi connectivity index (χ1) is 7.38. The number of pyridine rings is 1. The van der Waals surface area contributed by atoms with E-state index in [-0.39, 0.29) is 0 Å². The van der Waals surface area contributed by atoms with Crippen LogP contribution in [-0.2, 0) is 6.54 Å².